The van der Waals surface area contributed by atoms with Crippen molar-refractivity contribution in [3.63, 3.8) is 0 Å². The third-order valence-corrected chi connectivity index (χ3v) is 8.71. The molecule has 0 spiro atoms. The van der Waals surface area contributed by atoms with Crippen LogP contribution in [0.3, 0.4) is 0 Å². The molecule has 184 valence electrons. The number of anilines is 1. The van der Waals surface area contributed by atoms with E-state index in [1.807, 2.05) is 0 Å². The lowest BCUT2D eigenvalue weighted by Crippen LogP contribution is -2.15. The van der Waals surface area contributed by atoms with Crippen LogP contribution in [-0.4, -0.2) is 28.0 Å². The molecular formula is C23H18Cl2FNO6S2. The third kappa shape index (κ3) is 5.56. The Labute approximate surface area is 211 Å². The van der Waals surface area contributed by atoms with Gasteiger partial charge in [-0.15, -0.1) is 0 Å². The molecule has 12 heteroatoms. The van der Waals surface area contributed by atoms with Gasteiger partial charge in [0.1, 0.15) is 5.82 Å². The van der Waals surface area contributed by atoms with E-state index in [9.17, 15) is 30.8 Å². The fraction of sp³-hybridized carbons (Fsp3) is 0.130. The molecule has 0 saturated heterocycles. The Kier molecular flexibility index (Phi) is 7.42. The van der Waals surface area contributed by atoms with E-state index >= 15 is 0 Å². The second kappa shape index (κ2) is 9.69. The zero-order chi connectivity index (χ0) is 26.3. The molecule has 0 aromatic heterocycles. The van der Waals surface area contributed by atoms with Crippen LogP contribution in [0.5, 0.6) is 0 Å². The SMILES string of the molecule is Cc1cc(NC(=O)c2cc(S(=O)(=O)c3cc(S(=O)(=O)Cl)cc(C(=O)Cl)c3C)ccc2C)ccc1F. The molecule has 3 aromatic carbocycles. The van der Waals surface area contributed by atoms with Crippen LogP contribution in [0.25, 0.3) is 0 Å². The fourth-order valence-electron chi connectivity index (χ4n) is 3.35. The Morgan fingerprint density at radius 1 is 0.829 bits per heavy atom. The molecule has 0 aliphatic rings. The molecule has 0 saturated carbocycles. The van der Waals surface area contributed by atoms with Crippen LogP contribution in [0.1, 0.15) is 37.4 Å². The Morgan fingerprint density at radius 2 is 1.46 bits per heavy atom. The largest absolute Gasteiger partial charge is 0.322 e. The van der Waals surface area contributed by atoms with Gasteiger partial charge in [-0.1, -0.05) is 6.07 Å². The summed E-state index contributed by atoms with van der Waals surface area (Å²) in [5.74, 6) is -1.09. The summed E-state index contributed by atoms with van der Waals surface area (Å²) in [4.78, 5) is 23.3. The van der Waals surface area contributed by atoms with Gasteiger partial charge in [-0.05, 0) is 91.5 Å². The number of carbonyl (C=O) groups excluding carboxylic acids is 2. The number of aryl methyl sites for hydroxylation is 2. The highest BCUT2D eigenvalue weighted by Gasteiger charge is 2.28. The predicted molar refractivity (Wildman–Crippen MR) is 130 cm³/mol. The number of amides is 1. The molecule has 0 aliphatic heterocycles. The van der Waals surface area contributed by atoms with E-state index in [2.05, 4.69) is 5.32 Å². The number of hydrogen-bond donors (Lipinski definition) is 1. The minimum absolute atomic E-state index is 0.0143. The van der Waals surface area contributed by atoms with E-state index in [0.29, 0.717) is 16.8 Å². The first kappa shape index (κ1) is 26.8. The van der Waals surface area contributed by atoms with Crippen LogP contribution in [0, 0.1) is 26.6 Å². The summed E-state index contributed by atoms with van der Waals surface area (Å²) in [6, 6.07) is 9.48. The summed E-state index contributed by atoms with van der Waals surface area (Å²) in [5, 5.41) is 1.52. The lowest BCUT2D eigenvalue weighted by molar-refractivity contribution is 0.102. The van der Waals surface area contributed by atoms with E-state index in [-0.39, 0.29) is 21.6 Å². The van der Waals surface area contributed by atoms with Gasteiger partial charge in [0, 0.05) is 27.5 Å². The van der Waals surface area contributed by atoms with Crippen LogP contribution < -0.4 is 5.32 Å². The maximum absolute atomic E-state index is 13.5. The van der Waals surface area contributed by atoms with Crippen LogP contribution in [-0.2, 0) is 18.9 Å². The number of halogens is 3. The highest BCUT2D eigenvalue weighted by atomic mass is 35.7. The van der Waals surface area contributed by atoms with Crippen molar-refractivity contribution in [2.75, 3.05) is 5.32 Å². The number of carbonyl (C=O) groups is 2. The monoisotopic (exact) mass is 557 g/mol. The topological polar surface area (TPSA) is 114 Å². The van der Waals surface area contributed by atoms with Gasteiger partial charge in [-0.3, -0.25) is 9.59 Å². The van der Waals surface area contributed by atoms with Gasteiger partial charge in [0.15, 0.2) is 0 Å². The summed E-state index contributed by atoms with van der Waals surface area (Å²) < 4.78 is 64.2. The molecular weight excluding hydrogens is 540 g/mol. The van der Waals surface area contributed by atoms with Crippen LogP contribution in [0.4, 0.5) is 10.1 Å². The highest BCUT2D eigenvalue weighted by Crippen LogP contribution is 2.32. The number of rotatable bonds is 6. The quantitative estimate of drug-likeness (QED) is 0.419. The average Bonchev–Trinajstić information content (AvgIpc) is 2.75. The lowest BCUT2D eigenvalue weighted by atomic mass is 10.1. The number of nitrogens with one attached hydrogen (secondary N) is 1. The second-order valence-electron chi connectivity index (χ2n) is 7.70. The van der Waals surface area contributed by atoms with Crippen molar-refractivity contribution in [1.82, 2.24) is 0 Å². The van der Waals surface area contributed by atoms with Crippen LogP contribution in [0.15, 0.2) is 63.2 Å². The van der Waals surface area contributed by atoms with Crippen molar-refractivity contribution in [3.8, 4) is 0 Å². The summed E-state index contributed by atoms with van der Waals surface area (Å²) in [7, 11) is -3.45. The maximum Gasteiger partial charge on any atom is 0.261 e. The van der Waals surface area contributed by atoms with E-state index in [4.69, 9.17) is 22.3 Å². The van der Waals surface area contributed by atoms with E-state index in [1.54, 1.807) is 6.92 Å². The molecule has 0 heterocycles. The number of benzene rings is 3. The zero-order valence-corrected chi connectivity index (χ0v) is 21.7. The van der Waals surface area contributed by atoms with Gasteiger partial charge in [0.25, 0.3) is 20.2 Å². The standard InChI is InChI=1S/C23H18Cl2FNO6S2/c1-12-4-6-16(9-18(12)23(29)27-15-5-7-20(26)13(2)8-15)34(30,31)21-11-17(35(25,32)33)10-19(14(21)3)22(24)28/h4-11H,1-3H3,(H,27,29). The van der Waals surface area contributed by atoms with Crippen molar-refractivity contribution in [2.45, 2.75) is 35.5 Å². The van der Waals surface area contributed by atoms with Gasteiger partial charge < -0.3 is 5.32 Å². The maximum atomic E-state index is 13.5. The van der Waals surface area contributed by atoms with E-state index < -0.39 is 45.6 Å². The average molecular weight is 558 g/mol. The Morgan fingerprint density at radius 3 is 2.03 bits per heavy atom. The van der Waals surface area contributed by atoms with E-state index in [1.165, 1.54) is 44.2 Å². The Hall–Kier alpha value is -2.79. The Balaban J connectivity index is 2.13. The molecule has 3 rings (SSSR count). The second-order valence-corrected chi connectivity index (χ2v) is 12.5. The minimum atomic E-state index is -4.43. The lowest BCUT2D eigenvalue weighted by Gasteiger charge is -2.14. The van der Waals surface area contributed by atoms with Gasteiger partial charge >= 0.3 is 0 Å². The number of hydrogen-bond acceptors (Lipinski definition) is 6. The van der Waals surface area contributed by atoms with Crippen molar-refractivity contribution >= 4 is 58.0 Å². The molecule has 0 bridgehead atoms. The van der Waals surface area contributed by atoms with Crippen molar-refractivity contribution < 1.29 is 30.8 Å². The molecule has 7 nitrogen and oxygen atoms in total. The molecule has 35 heavy (non-hydrogen) atoms. The van der Waals surface area contributed by atoms with Gasteiger partial charge in [-0.25, -0.2) is 21.2 Å². The molecule has 0 atom stereocenters. The first-order valence-electron chi connectivity index (χ1n) is 9.85. The molecule has 0 unspecified atom stereocenters. The first-order valence-corrected chi connectivity index (χ1v) is 14.0. The minimum Gasteiger partial charge on any atom is -0.322 e. The summed E-state index contributed by atoms with van der Waals surface area (Å²) >= 11 is 5.54. The van der Waals surface area contributed by atoms with E-state index in [0.717, 1.165) is 18.2 Å². The molecule has 3 aromatic rings. The molecule has 0 radical (unpaired) electrons. The smallest absolute Gasteiger partial charge is 0.261 e. The summed E-state index contributed by atoms with van der Waals surface area (Å²) in [6.45, 7) is 4.42. The normalized spacial score (nSPS) is 11.8. The Bertz CT molecular complexity index is 1600. The van der Waals surface area contributed by atoms with Gasteiger partial charge in [0.2, 0.25) is 9.84 Å². The zero-order valence-electron chi connectivity index (χ0n) is 18.5. The molecule has 0 aliphatic carbocycles. The molecule has 1 N–H and O–H groups in total. The third-order valence-electron chi connectivity index (χ3n) is 5.30. The van der Waals surface area contributed by atoms with Crippen molar-refractivity contribution in [3.05, 3.63) is 82.2 Å². The van der Waals surface area contributed by atoms with Gasteiger partial charge in [0.05, 0.1) is 14.7 Å². The van der Waals surface area contributed by atoms with Crippen molar-refractivity contribution in [1.29, 1.82) is 0 Å². The first-order chi connectivity index (χ1) is 16.1. The molecule has 0 fully saturated rings. The predicted octanol–water partition coefficient (Wildman–Crippen LogP) is 5.14. The summed E-state index contributed by atoms with van der Waals surface area (Å²) in [5.41, 5.74) is 0.658. The fourth-order valence-corrected chi connectivity index (χ4v) is 5.97. The van der Waals surface area contributed by atoms with Crippen LogP contribution >= 0.6 is 22.3 Å². The molecule has 1 amide bonds. The summed E-state index contributed by atoms with van der Waals surface area (Å²) in [6.07, 6.45) is 0. The van der Waals surface area contributed by atoms with Gasteiger partial charge in [-0.2, -0.15) is 0 Å². The van der Waals surface area contributed by atoms with Crippen molar-refractivity contribution in [2.24, 2.45) is 0 Å². The number of sulfone groups is 1. The highest BCUT2D eigenvalue weighted by molar-refractivity contribution is 8.13. The van der Waals surface area contributed by atoms with Crippen LogP contribution in [0.2, 0.25) is 0 Å².